The Hall–Kier alpha value is -1.68. The summed E-state index contributed by atoms with van der Waals surface area (Å²) in [6.07, 6.45) is 0. The minimum Gasteiger partial charge on any atom is -0.419 e. The van der Waals surface area contributed by atoms with Gasteiger partial charge < -0.3 is 9.73 Å². The van der Waals surface area contributed by atoms with Gasteiger partial charge in [-0.3, -0.25) is 0 Å². The highest BCUT2D eigenvalue weighted by atomic mass is 16.4. The Morgan fingerprint density at radius 2 is 1.88 bits per heavy atom. The Balaban J connectivity index is 2.30. The summed E-state index contributed by atoms with van der Waals surface area (Å²) in [4.78, 5) is 0. The van der Waals surface area contributed by atoms with Gasteiger partial charge in [0.1, 0.15) is 0 Å². The molecule has 0 amide bonds. The Bertz CT molecular complexity index is 485. The third-order valence-corrected chi connectivity index (χ3v) is 2.69. The van der Waals surface area contributed by atoms with Crippen LogP contribution in [0.1, 0.15) is 23.9 Å². The lowest BCUT2D eigenvalue weighted by atomic mass is 10.0. The third kappa shape index (κ3) is 2.53. The van der Waals surface area contributed by atoms with E-state index in [1.165, 1.54) is 0 Å². The fourth-order valence-corrected chi connectivity index (χ4v) is 1.81. The molecular formula is C13H17N3O. The van der Waals surface area contributed by atoms with E-state index >= 15 is 0 Å². The molecule has 0 atom stereocenters. The molecule has 0 aliphatic carbocycles. The van der Waals surface area contributed by atoms with Gasteiger partial charge in [0.15, 0.2) is 0 Å². The zero-order chi connectivity index (χ0) is 12.3. The molecule has 1 aromatic carbocycles. The van der Waals surface area contributed by atoms with E-state index in [-0.39, 0.29) is 0 Å². The van der Waals surface area contributed by atoms with Gasteiger partial charge in [0.05, 0.1) is 6.54 Å². The standard InChI is InChI=1S/C13H17N3O/c1-4-14-8-11-15-16-13(17-11)12-9(2)6-5-7-10(12)3/h5-7,14H,4,8H2,1-3H3. The van der Waals surface area contributed by atoms with Gasteiger partial charge in [0.25, 0.3) is 0 Å². The van der Waals surface area contributed by atoms with Crippen molar-refractivity contribution in [1.29, 1.82) is 0 Å². The minimum absolute atomic E-state index is 0.605. The second kappa shape index (κ2) is 5.10. The van der Waals surface area contributed by atoms with Crippen molar-refractivity contribution in [3.63, 3.8) is 0 Å². The van der Waals surface area contributed by atoms with Crippen molar-refractivity contribution >= 4 is 0 Å². The van der Waals surface area contributed by atoms with E-state index < -0.39 is 0 Å². The maximum absolute atomic E-state index is 5.65. The molecule has 1 heterocycles. The first kappa shape index (κ1) is 11.8. The molecule has 17 heavy (non-hydrogen) atoms. The summed E-state index contributed by atoms with van der Waals surface area (Å²) in [5.41, 5.74) is 3.36. The van der Waals surface area contributed by atoms with Crippen LogP contribution in [-0.4, -0.2) is 16.7 Å². The molecule has 0 unspecified atom stereocenters. The average Bonchev–Trinajstić information content (AvgIpc) is 2.75. The maximum Gasteiger partial charge on any atom is 0.248 e. The maximum atomic E-state index is 5.65. The fourth-order valence-electron chi connectivity index (χ4n) is 1.81. The molecule has 0 aliphatic heterocycles. The quantitative estimate of drug-likeness (QED) is 0.878. The van der Waals surface area contributed by atoms with Gasteiger partial charge in [0.2, 0.25) is 11.8 Å². The number of nitrogens with zero attached hydrogens (tertiary/aromatic N) is 2. The molecule has 1 N–H and O–H groups in total. The Morgan fingerprint density at radius 3 is 2.53 bits per heavy atom. The van der Waals surface area contributed by atoms with Gasteiger partial charge in [0, 0.05) is 5.56 Å². The topological polar surface area (TPSA) is 51.0 Å². The van der Waals surface area contributed by atoms with E-state index in [1.807, 2.05) is 13.0 Å². The highest BCUT2D eigenvalue weighted by Gasteiger charge is 2.12. The van der Waals surface area contributed by atoms with Crippen LogP contribution in [0.15, 0.2) is 22.6 Å². The van der Waals surface area contributed by atoms with E-state index in [9.17, 15) is 0 Å². The number of aromatic nitrogens is 2. The van der Waals surface area contributed by atoms with E-state index in [4.69, 9.17) is 4.42 Å². The van der Waals surface area contributed by atoms with Crippen LogP contribution in [0.4, 0.5) is 0 Å². The molecule has 0 saturated carbocycles. The number of hydrogen-bond donors (Lipinski definition) is 1. The van der Waals surface area contributed by atoms with Crippen molar-refractivity contribution in [2.24, 2.45) is 0 Å². The predicted molar refractivity (Wildman–Crippen MR) is 66.6 cm³/mol. The van der Waals surface area contributed by atoms with Crippen molar-refractivity contribution in [3.8, 4) is 11.5 Å². The largest absolute Gasteiger partial charge is 0.419 e. The summed E-state index contributed by atoms with van der Waals surface area (Å²) in [5.74, 6) is 1.23. The van der Waals surface area contributed by atoms with Crippen LogP contribution in [0.3, 0.4) is 0 Å². The molecule has 0 aliphatic rings. The van der Waals surface area contributed by atoms with Crippen LogP contribution >= 0.6 is 0 Å². The normalized spacial score (nSPS) is 10.8. The summed E-state index contributed by atoms with van der Waals surface area (Å²) in [6, 6.07) is 6.14. The molecule has 0 fully saturated rings. The number of rotatable bonds is 4. The molecule has 1 aromatic heterocycles. The molecule has 4 nitrogen and oxygen atoms in total. The minimum atomic E-state index is 0.605. The Kier molecular flexibility index (Phi) is 3.54. The molecule has 0 saturated heterocycles. The number of aryl methyl sites for hydroxylation is 2. The first-order chi connectivity index (χ1) is 8.22. The van der Waals surface area contributed by atoms with Gasteiger partial charge in [-0.2, -0.15) is 0 Å². The second-order valence-corrected chi connectivity index (χ2v) is 4.05. The first-order valence-corrected chi connectivity index (χ1v) is 5.82. The zero-order valence-electron chi connectivity index (χ0n) is 10.4. The summed E-state index contributed by atoms with van der Waals surface area (Å²) >= 11 is 0. The van der Waals surface area contributed by atoms with Gasteiger partial charge in [-0.1, -0.05) is 25.1 Å². The first-order valence-electron chi connectivity index (χ1n) is 5.82. The lowest BCUT2D eigenvalue weighted by Gasteiger charge is -2.04. The highest BCUT2D eigenvalue weighted by Crippen LogP contribution is 2.25. The van der Waals surface area contributed by atoms with Gasteiger partial charge in [-0.25, -0.2) is 0 Å². The molecular weight excluding hydrogens is 214 g/mol. The van der Waals surface area contributed by atoms with Gasteiger partial charge >= 0.3 is 0 Å². The second-order valence-electron chi connectivity index (χ2n) is 4.05. The lowest BCUT2D eigenvalue weighted by molar-refractivity contribution is 0.481. The van der Waals surface area contributed by atoms with Crippen LogP contribution in [-0.2, 0) is 6.54 Å². The molecule has 0 radical (unpaired) electrons. The van der Waals surface area contributed by atoms with E-state index in [1.54, 1.807) is 0 Å². The van der Waals surface area contributed by atoms with Crippen LogP contribution in [0.5, 0.6) is 0 Å². The SMILES string of the molecule is CCNCc1nnc(-c2c(C)cccc2C)o1. The number of hydrogen-bond acceptors (Lipinski definition) is 4. The van der Waals surface area contributed by atoms with Gasteiger partial charge in [-0.15, -0.1) is 10.2 Å². The fraction of sp³-hybridized carbons (Fsp3) is 0.385. The summed E-state index contributed by atoms with van der Waals surface area (Å²) in [6.45, 7) is 7.66. The lowest BCUT2D eigenvalue weighted by Crippen LogP contribution is -2.11. The smallest absolute Gasteiger partial charge is 0.248 e. The number of benzene rings is 1. The zero-order valence-corrected chi connectivity index (χ0v) is 10.4. The highest BCUT2D eigenvalue weighted by molar-refractivity contribution is 5.62. The van der Waals surface area contributed by atoms with Crippen molar-refractivity contribution < 1.29 is 4.42 Å². The summed E-state index contributed by atoms with van der Waals surface area (Å²) in [7, 11) is 0. The number of nitrogens with one attached hydrogen (secondary N) is 1. The van der Waals surface area contributed by atoms with E-state index in [0.717, 1.165) is 23.2 Å². The molecule has 0 spiro atoms. The van der Waals surface area contributed by atoms with Crippen molar-refractivity contribution in [3.05, 3.63) is 35.2 Å². The van der Waals surface area contributed by atoms with Crippen LogP contribution in [0.25, 0.3) is 11.5 Å². The van der Waals surface area contributed by atoms with Crippen LogP contribution < -0.4 is 5.32 Å². The third-order valence-electron chi connectivity index (χ3n) is 2.69. The summed E-state index contributed by atoms with van der Waals surface area (Å²) in [5, 5.41) is 11.3. The van der Waals surface area contributed by atoms with E-state index in [0.29, 0.717) is 18.3 Å². The molecule has 0 bridgehead atoms. The average molecular weight is 231 g/mol. The van der Waals surface area contributed by atoms with Crippen molar-refractivity contribution in [2.75, 3.05) is 6.54 Å². The molecule has 90 valence electrons. The van der Waals surface area contributed by atoms with Crippen LogP contribution in [0, 0.1) is 13.8 Å². The Morgan fingerprint density at radius 1 is 1.18 bits per heavy atom. The van der Waals surface area contributed by atoms with Gasteiger partial charge in [-0.05, 0) is 31.5 Å². The molecule has 4 heteroatoms. The van der Waals surface area contributed by atoms with Crippen molar-refractivity contribution in [2.45, 2.75) is 27.3 Å². The molecule has 2 rings (SSSR count). The molecule has 2 aromatic rings. The van der Waals surface area contributed by atoms with Crippen LogP contribution in [0.2, 0.25) is 0 Å². The van der Waals surface area contributed by atoms with E-state index in [2.05, 4.69) is 41.5 Å². The predicted octanol–water partition coefficient (Wildman–Crippen LogP) is 2.46. The van der Waals surface area contributed by atoms with Crippen molar-refractivity contribution in [1.82, 2.24) is 15.5 Å². The Labute approximate surface area is 101 Å². The summed E-state index contributed by atoms with van der Waals surface area (Å²) < 4.78 is 5.65. The monoisotopic (exact) mass is 231 g/mol.